The Kier molecular flexibility index (Phi) is 1.54. The molecule has 0 saturated heterocycles. The molecular weight excluding hydrogens is 158 g/mol. The van der Waals surface area contributed by atoms with Crippen molar-refractivity contribution in [1.29, 1.82) is 0 Å². The molecule has 1 aliphatic rings. The van der Waals surface area contributed by atoms with Crippen LogP contribution in [0.1, 0.15) is 0 Å². The Hall–Kier alpha value is -0.685. The zero-order valence-corrected chi connectivity index (χ0v) is 7.36. The van der Waals surface area contributed by atoms with E-state index in [1.807, 2.05) is 25.0 Å². The molecule has 1 heterocycles. The van der Waals surface area contributed by atoms with Gasteiger partial charge in [-0.1, -0.05) is 12.1 Å². The van der Waals surface area contributed by atoms with Gasteiger partial charge in [0.05, 0.1) is 0 Å². The highest BCUT2D eigenvalue weighted by Crippen LogP contribution is 2.32. The van der Waals surface area contributed by atoms with E-state index in [0.29, 0.717) is 0 Å². The van der Waals surface area contributed by atoms with Gasteiger partial charge in [0.15, 0.2) is 0 Å². The Morgan fingerprint density at radius 1 is 1.36 bits per heavy atom. The summed E-state index contributed by atoms with van der Waals surface area (Å²) in [4.78, 5) is 0. The van der Waals surface area contributed by atoms with E-state index in [9.17, 15) is 0 Å². The summed E-state index contributed by atoms with van der Waals surface area (Å²) in [7, 11) is 2.47. The summed E-state index contributed by atoms with van der Waals surface area (Å²) in [6, 6.07) is 5.83. The van der Waals surface area contributed by atoms with Crippen LogP contribution in [0.2, 0.25) is 6.82 Å². The fourth-order valence-corrected chi connectivity index (χ4v) is 1.44. The first-order valence-corrected chi connectivity index (χ1v) is 4.07. The fraction of sp³-hybridized carbons (Fsp3) is 0.143. The zero-order valence-electron chi connectivity index (χ0n) is 6.20. The van der Waals surface area contributed by atoms with Crippen LogP contribution in [0.4, 0.5) is 0 Å². The monoisotopic (exact) mass is 166 g/mol. The number of para-hydroxylation sites is 1. The molecule has 0 fully saturated rings. The van der Waals surface area contributed by atoms with Gasteiger partial charge in [0.1, 0.15) is 11.5 Å². The maximum atomic E-state index is 5.39. The molecule has 1 aromatic rings. The minimum atomic E-state index is -0.147. The van der Waals surface area contributed by atoms with E-state index in [1.165, 1.54) is 0 Å². The van der Waals surface area contributed by atoms with E-state index in [4.69, 9.17) is 9.31 Å². The molecule has 0 saturated carbocycles. The maximum absolute atomic E-state index is 5.39. The van der Waals surface area contributed by atoms with E-state index in [2.05, 4.69) is 9.24 Å². The summed E-state index contributed by atoms with van der Waals surface area (Å²) in [6.45, 7) is 1.88. The van der Waals surface area contributed by atoms with E-state index >= 15 is 0 Å². The highest BCUT2D eigenvalue weighted by atomic mass is 31.0. The van der Waals surface area contributed by atoms with Gasteiger partial charge in [-0.15, -0.1) is 9.24 Å². The van der Waals surface area contributed by atoms with Crippen LogP contribution in [-0.2, 0) is 0 Å². The summed E-state index contributed by atoms with van der Waals surface area (Å²) in [5.41, 5.74) is 0. The Bertz CT molecular complexity index is 290. The van der Waals surface area contributed by atoms with Gasteiger partial charge in [-0.2, -0.15) is 0 Å². The summed E-state index contributed by atoms with van der Waals surface area (Å²) >= 11 is 0. The number of hydrogen-bond acceptors (Lipinski definition) is 2. The molecule has 0 aromatic heterocycles. The van der Waals surface area contributed by atoms with Gasteiger partial charge in [-0.3, -0.25) is 0 Å². The second-order valence-electron chi connectivity index (χ2n) is 2.48. The van der Waals surface area contributed by atoms with Crippen molar-refractivity contribution in [2.24, 2.45) is 0 Å². The first-order valence-electron chi connectivity index (χ1n) is 3.49. The van der Waals surface area contributed by atoms with Crippen LogP contribution in [0, 0.1) is 0 Å². The normalized spacial score (nSPS) is 13.8. The van der Waals surface area contributed by atoms with Crippen molar-refractivity contribution in [2.75, 3.05) is 0 Å². The fourth-order valence-electron chi connectivity index (χ4n) is 1.12. The van der Waals surface area contributed by atoms with Crippen molar-refractivity contribution in [3.63, 3.8) is 0 Å². The SMILES string of the molecule is CB1Oc2cccc(P)c2O1. The second kappa shape index (κ2) is 2.42. The minimum Gasteiger partial charge on any atom is -0.523 e. The zero-order chi connectivity index (χ0) is 7.84. The Balaban J connectivity index is 2.49. The molecule has 4 heteroatoms. The van der Waals surface area contributed by atoms with Crippen LogP contribution >= 0.6 is 9.24 Å². The van der Waals surface area contributed by atoms with Crippen molar-refractivity contribution in [3.05, 3.63) is 18.2 Å². The Morgan fingerprint density at radius 3 is 2.91 bits per heavy atom. The third kappa shape index (κ3) is 1.10. The third-order valence-electron chi connectivity index (χ3n) is 1.59. The van der Waals surface area contributed by atoms with E-state index in [-0.39, 0.29) is 7.12 Å². The standard InChI is InChI=1S/C7H8BO2P/c1-8-9-5-3-2-4-6(11)7(5)10-8/h2-4H,11H2,1H3. The molecule has 0 aliphatic carbocycles. The molecule has 1 aromatic carbocycles. The maximum Gasteiger partial charge on any atom is 0.591 e. The molecule has 0 N–H and O–H groups in total. The van der Waals surface area contributed by atoms with Gasteiger partial charge in [-0.05, 0) is 12.9 Å². The minimum absolute atomic E-state index is 0.147. The Morgan fingerprint density at radius 2 is 2.18 bits per heavy atom. The molecule has 0 bridgehead atoms. The lowest BCUT2D eigenvalue weighted by atomic mass is 9.97. The summed E-state index contributed by atoms with van der Waals surface area (Å²) < 4.78 is 10.7. The molecule has 2 rings (SSSR count). The predicted octanol–water partition coefficient (Wildman–Crippen LogP) is 1.08. The number of benzene rings is 1. The van der Waals surface area contributed by atoms with Crippen molar-refractivity contribution in [2.45, 2.75) is 6.82 Å². The molecule has 56 valence electrons. The van der Waals surface area contributed by atoms with Gasteiger partial charge >= 0.3 is 7.12 Å². The lowest BCUT2D eigenvalue weighted by molar-refractivity contribution is 0.511. The molecule has 1 unspecified atom stereocenters. The lowest BCUT2D eigenvalue weighted by Crippen LogP contribution is -2.19. The van der Waals surface area contributed by atoms with E-state index < -0.39 is 0 Å². The van der Waals surface area contributed by atoms with Crippen LogP contribution in [0.3, 0.4) is 0 Å². The average molecular weight is 166 g/mol. The van der Waals surface area contributed by atoms with Gasteiger partial charge < -0.3 is 9.31 Å². The highest BCUT2D eigenvalue weighted by Gasteiger charge is 2.26. The van der Waals surface area contributed by atoms with E-state index in [1.54, 1.807) is 0 Å². The molecule has 0 radical (unpaired) electrons. The van der Waals surface area contributed by atoms with Crippen LogP contribution in [0.15, 0.2) is 18.2 Å². The van der Waals surface area contributed by atoms with Crippen molar-refractivity contribution >= 4 is 21.7 Å². The van der Waals surface area contributed by atoms with Crippen molar-refractivity contribution < 1.29 is 9.31 Å². The quantitative estimate of drug-likeness (QED) is 0.424. The molecule has 1 atom stereocenters. The predicted molar refractivity (Wildman–Crippen MR) is 48.7 cm³/mol. The largest absolute Gasteiger partial charge is 0.591 e. The first-order chi connectivity index (χ1) is 5.27. The van der Waals surface area contributed by atoms with Gasteiger partial charge in [0.25, 0.3) is 0 Å². The number of hydrogen-bond donors (Lipinski definition) is 0. The van der Waals surface area contributed by atoms with Gasteiger partial charge in [0, 0.05) is 5.30 Å². The lowest BCUT2D eigenvalue weighted by Gasteiger charge is -1.99. The summed E-state index contributed by atoms with van der Waals surface area (Å²) in [5.74, 6) is 1.69. The smallest absolute Gasteiger partial charge is 0.523 e. The van der Waals surface area contributed by atoms with Crippen molar-refractivity contribution in [3.8, 4) is 11.5 Å². The molecular formula is C7H8BO2P. The van der Waals surface area contributed by atoms with Crippen LogP contribution in [0.5, 0.6) is 11.5 Å². The molecule has 0 amide bonds. The first kappa shape index (κ1) is 6.99. The van der Waals surface area contributed by atoms with Crippen molar-refractivity contribution in [1.82, 2.24) is 0 Å². The van der Waals surface area contributed by atoms with Crippen LogP contribution in [0.25, 0.3) is 0 Å². The number of rotatable bonds is 0. The average Bonchev–Trinajstić information content (AvgIpc) is 2.31. The molecule has 2 nitrogen and oxygen atoms in total. The third-order valence-corrected chi connectivity index (χ3v) is 2.04. The summed E-state index contributed by atoms with van der Waals surface area (Å²) in [5, 5.41) is 1.05. The topological polar surface area (TPSA) is 18.5 Å². The van der Waals surface area contributed by atoms with Gasteiger partial charge in [-0.25, -0.2) is 0 Å². The van der Waals surface area contributed by atoms with E-state index in [0.717, 1.165) is 16.8 Å². The highest BCUT2D eigenvalue weighted by molar-refractivity contribution is 7.27. The molecule has 0 spiro atoms. The molecule has 1 aliphatic heterocycles. The summed E-state index contributed by atoms with van der Waals surface area (Å²) in [6.07, 6.45) is 0. The van der Waals surface area contributed by atoms with Crippen LogP contribution in [-0.4, -0.2) is 7.12 Å². The van der Waals surface area contributed by atoms with Crippen LogP contribution < -0.4 is 14.6 Å². The second-order valence-corrected chi connectivity index (χ2v) is 3.10. The Labute approximate surface area is 68.2 Å². The molecule has 11 heavy (non-hydrogen) atoms. The number of fused-ring (bicyclic) bond motifs is 1. The van der Waals surface area contributed by atoms with Gasteiger partial charge in [0.2, 0.25) is 0 Å².